The van der Waals surface area contributed by atoms with E-state index in [1.54, 1.807) is 6.07 Å². The third-order valence-corrected chi connectivity index (χ3v) is 8.36. The Kier molecular flexibility index (Phi) is 9.04. The predicted molar refractivity (Wildman–Crippen MR) is 158 cm³/mol. The first kappa shape index (κ1) is 30.9. The second kappa shape index (κ2) is 12.6. The molecule has 2 unspecified atom stereocenters. The number of aliphatic carboxylic acids is 1. The van der Waals surface area contributed by atoms with Crippen molar-refractivity contribution in [1.82, 2.24) is 10.2 Å². The van der Waals surface area contributed by atoms with Crippen molar-refractivity contribution >= 4 is 5.97 Å². The van der Waals surface area contributed by atoms with Gasteiger partial charge in [0.05, 0.1) is 5.56 Å². The van der Waals surface area contributed by atoms with E-state index < -0.39 is 23.8 Å². The smallest absolute Gasteiger partial charge is 0.416 e. The molecule has 6 nitrogen and oxygen atoms in total. The van der Waals surface area contributed by atoms with Crippen molar-refractivity contribution in [2.75, 3.05) is 26.2 Å². The molecule has 0 spiro atoms. The van der Waals surface area contributed by atoms with Gasteiger partial charge in [0, 0.05) is 38.6 Å². The molecule has 230 valence electrons. The van der Waals surface area contributed by atoms with E-state index in [-0.39, 0.29) is 11.8 Å². The lowest BCUT2D eigenvalue weighted by molar-refractivity contribution is -0.145. The van der Waals surface area contributed by atoms with E-state index in [0.717, 1.165) is 42.6 Å². The zero-order valence-corrected chi connectivity index (χ0v) is 24.7. The Morgan fingerprint density at radius 2 is 1.58 bits per heavy atom. The maximum absolute atomic E-state index is 13.0. The van der Waals surface area contributed by atoms with Crippen LogP contribution in [0.2, 0.25) is 0 Å². The Bertz CT molecular complexity index is 1370. The second-order valence-corrected chi connectivity index (χ2v) is 12.6. The van der Waals surface area contributed by atoms with Gasteiger partial charge in [0.1, 0.15) is 18.1 Å². The number of hydrogen-bond donors (Lipinski definition) is 2. The van der Waals surface area contributed by atoms with Gasteiger partial charge in [-0.15, -0.1) is 0 Å². The van der Waals surface area contributed by atoms with Crippen LogP contribution in [0.15, 0.2) is 72.8 Å². The maximum Gasteiger partial charge on any atom is 0.416 e. The van der Waals surface area contributed by atoms with Crippen molar-refractivity contribution in [3.05, 3.63) is 95.1 Å². The molecule has 43 heavy (non-hydrogen) atoms. The molecule has 0 amide bonds. The van der Waals surface area contributed by atoms with Crippen molar-refractivity contribution < 1.29 is 32.5 Å². The molecule has 4 atom stereocenters. The van der Waals surface area contributed by atoms with Crippen LogP contribution in [0.1, 0.15) is 43.0 Å². The Hall–Kier alpha value is -3.56. The summed E-state index contributed by atoms with van der Waals surface area (Å²) in [5, 5.41) is 13.1. The van der Waals surface area contributed by atoms with E-state index in [9.17, 15) is 23.1 Å². The number of benzene rings is 3. The van der Waals surface area contributed by atoms with E-state index in [2.05, 4.69) is 31.0 Å². The van der Waals surface area contributed by atoms with Crippen LogP contribution in [0.25, 0.3) is 0 Å². The Morgan fingerprint density at radius 1 is 0.930 bits per heavy atom. The monoisotopic (exact) mass is 596 g/mol. The molecule has 3 aromatic rings. The maximum atomic E-state index is 13.0. The fourth-order valence-corrected chi connectivity index (χ4v) is 5.80. The molecule has 1 aliphatic heterocycles. The molecule has 0 radical (unpaired) electrons. The summed E-state index contributed by atoms with van der Waals surface area (Å²) in [5.41, 5.74) is 2.03. The molecule has 5 rings (SSSR count). The lowest BCUT2D eigenvalue weighted by Gasteiger charge is -2.20. The predicted octanol–water partition coefficient (Wildman–Crippen LogP) is 6.18. The third-order valence-electron chi connectivity index (χ3n) is 8.36. The van der Waals surface area contributed by atoms with E-state index in [0.29, 0.717) is 42.3 Å². The number of fused-ring (bicyclic) bond motifs is 1. The fourth-order valence-electron chi connectivity index (χ4n) is 5.80. The first-order valence-electron chi connectivity index (χ1n) is 14.7. The van der Waals surface area contributed by atoms with E-state index in [1.807, 2.05) is 48.5 Å². The standard InChI is InChI=1S/C34H39F3N2O4/c1-33(2,3)24-9-13-27(14-10-24)43-30(32(40)41)18-22-7-11-26(12-8-22)42-16-15-39-20-28-29(21-39)31(28)38-19-23-5-4-6-25(17-23)34(35,36)37/h4-14,17,28-31,38H,15-16,18-21H2,1-3H3,(H,40,41)/t28-,29?,30-,31?/m0/s1. The van der Waals surface area contributed by atoms with Gasteiger partial charge in [0.25, 0.3) is 0 Å². The lowest BCUT2D eigenvalue weighted by Crippen LogP contribution is -2.33. The van der Waals surface area contributed by atoms with Crippen LogP contribution in [0.5, 0.6) is 11.5 Å². The van der Waals surface area contributed by atoms with Crippen LogP contribution in [-0.4, -0.2) is 54.4 Å². The van der Waals surface area contributed by atoms with Crippen LogP contribution in [0, 0.1) is 11.8 Å². The molecule has 2 aliphatic rings. The third kappa shape index (κ3) is 8.09. The number of ether oxygens (including phenoxy) is 2. The number of likely N-dealkylation sites (tertiary alicyclic amines) is 1. The van der Waals surface area contributed by atoms with Crippen LogP contribution in [0.3, 0.4) is 0 Å². The number of halogens is 3. The van der Waals surface area contributed by atoms with Crippen molar-refractivity contribution in [1.29, 1.82) is 0 Å². The topological polar surface area (TPSA) is 71.0 Å². The summed E-state index contributed by atoms with van der Waals surface area (Å²) in [6.45, 7) is 10.0. The number of nitrogens with one attached hydrogen (secondary N) is 1. The highest BCUT2D eigenvalue weighted by atomic mass is 19.4. The minimum Gasteiger partial charge on any atom is -0.492 e. The molecule has 2 fully saturated rings. The molecule has 0 bridgehead atoms. The molecule has 9 heteroatoms. The highest BCUT2D eigenvalue weighted by molar-refractivity contribution is 5.73. The van der Waals surface area contributed by atoms with Crippen LogP contribution in [-0.2, 0) is 29.4 Å². The van der Waals surface area contributed by atoms with Crippen LogP contribution < -0.4 is 14.8 Å². The summed E-state index contributed by atoms with van der Waals surface area (Å²) in [5.74, 6) is 1.27. The Labute approximate surface area is 250 Å². The number of carboxylic acids is 1. The molecule has 0 aromatic heterocycles. The van der Waals surface area contributed by atoms with Crippen LogP contribution >= 0.6 is 0 Å². The summed E-state index contributed by atoms with van der Waals surface area (Å²) in [4.78, 5) is 14.2. The van der Waals surface area contributed by atoms with Gasteiger partial charge in [-0.25, -0.2) is 4.79 Å². The van der Waals surface area contributed by atoms with Crippen molar-refractivity contribution in [3.63, 3.8) is 0 Å². The van der Waals surface area contributed by atoms with Gasteiger partial charge in [0.15, 0.2) is 6.10 Å². The molecule has 1 saturated heterocycles. The number of piperidine rings is 1. The SMILES string of the molecule is CC(C)(C)c1ccc(O[C@@H](Cc2ccc(OCCN3CC4C(NCc5cccc(C(F)(F)F)c5)[C@H]4C3)cc2)C(=O)O)cc1. The molecule has 1 saturated carbocycles. The first-order valence-corrected chi connectivity index (χ1v) is 14.7. The summed E-state index contributed by atoms with van der Waals surface area (Å²) < 4.78 is 50.6. The fraction of sp³-hybridized carbons (Fsp3) is 0.441. The number of hydrogen-bond acceptors (Lipinski definition) is 5. The zero-order chi connectivity index (χ0) is 30.8. The zero-order valence-electron chi connectivity index (χ0n) is 24.7. The van der Waals surface area contributed by atoms with E-state index >= 15 is 0 Å². The molecule has 1 aliphatic carbocycles. The average molecular weight is 597 g/mol. The van der Waals surface area contributed by atoms with Gasteiger partial charge >= 0.3 is 12.1 Å². The number of alkyl halides is 3. The lowest BCUT2D eigenvalue weighted by atomic mass is 9.87. The van der Waals surface area contributed by atoms with Crippen molar-refractivity contribution in [3.8, 4) is 11.5 Å². The van der Waals surface area contributed by atoms with Crippen LogP contribution in [0.4, 0.5) is 13.2 Å². The molecular weight excluding hydrogens is 557 g/mol. The van der Waals surface area contributed by atoms with Crippen molar-refractivity contribution in [2.45, 2.75) is 57.5 Å². The highest BCUT2D eigenvalue weighted by Crippen LogP contribution is 2.45. The minimum atomic E-state index is -4.32. The van der Waals surface area contributed by atoms with E-state index in [1.165, 1.54) is 12.1 Å². The Morgan fingerprint density at radius 3 is 2.19 bits per heavy atom. The number of carbonyl (C=O) groups is 1. The normalized spacial score (nSPS) is 20.8. The number of rotatable bonds is 12. The van der Waals surface area contributed by atoms with Gasteiger partial charge in [-0.2, -0.15) is 13.2 Å². The summed E-state index contributed by atoms with van der Waals surface area (Å²) in [7, 11) is 0. The van der Waals surface area contributed by atoms with Gasteiger partial charge in [0.2, 0.25) is 0 Å². The van der Waals surface area contributed by atoms with Gasteiger partial charge in [-0.3, -0.25) is 4.90 Å². The molecular formula is C34H39F3N2O4. The van der Waals surface area contributed by atoms with Crippen molar-refractivity contribution in [2.24, 2.45) is 11.8 Å². The number of carboxylic acid groups (broad SMARTS) is 1. The quantitative estimate of drug-likeness (QED) is 0.260. The molecule has 3 aromatic carbocycles. The largest absolute Gasteiger partial charge is 0.492 e. The minimum absolute atomic E-state index is 0.00489. The highest BCUT2D eigenvalue weighted by Gasteiger charge is 2.55. The van der Waals surface area contributed by atoms with E-state index in [4.69, 9.17) is 9.47 Å². The average Bonchev–Trinajstić information content (AvgIpc) is 3.41. The van der Waals surface area contributed by atoms with Gasteiger partial charge in [-0.1, -0.05) is 63.2 Å². The van der Waals surface area contributed by atoms with Gasteiger partial charge in [-0.05, 0) is 64.3 Å². The second-order valence-electron chi connectivity index (χ2n) is 12.6. The molecule has 2 N–H and O–H groups in total. The first-order chi connectivity index (χ1) is 20.4. The Balaban J connectivity index is 1.01. The summed E-state index contributed by atoms with van der Waals surface area (Å²) in [6, 6.07) is 20.8. The summed E-state index contributed by atoms with van der Waals surface area (Å²) in [6.07, 6.45) is -5.09. The summed E-state index contributed by atoms with van der Waals surface area (Å²) >= 11 is 0. The molecule has 1 heterocycles. The number of nitrogens with zero attached hydrogens (tertiary/aromatic N) is 1. The van der Waals surface area contributed by atoms with Gasteiger partial charge < -0.3 is 19.9 Å².